The van der Waals surface area contributed by atoms with Gasteiger partial charge in [0.2, 0.25) is 0 Å². The van der Waals surface area contributed by atoms with Gasteiger partial charge in [0.25, 0.3) is 0 Å². The van der Waals surface area contributed by atoms with E-state index < -0.39 is 5.60 Å². The Bertz CT molecular complexity index is 1510. The summed E-state index contributed by atoms with van der Waals surface area (Å²) in [5.74, 6) is 1.48. The Balaban J connectivity index is 2.00. The van der Waals surface area contributed by atoms with Gasteiger partial charge in [-0.3, -0.25) is 0 Å². The van der Waals surface area contributed by atoms with Crippen molar-refractivity contribution in [3.05, 3.63) is 62.1 Å². The molecule has 2 heterocycles. The molecule has 0 unspecified atom stereocenters. The van der Waals surface area contributed by atoms with E-state index in [0.717, 1.165) is 58.0 Å². The number of allylic oxidation sites excluding steroid dienone is 2. The lowest BCUT2D eigenvalue weighted by Crippen LogP contribution is -2.29. The second-order valence-corrected chi connectivity index (χ2v) is 12.5. The van der Waals surface area contributed by atoms with Crippen molar-refractivity contribution >= 4 is 29.2 Å². The molecule has 3 rings (SSSR count). The first-order valence-electron chi connectivity index (χ1n) is 15.8. The van der Waals surface area contributed by atoms with E-state index in [1.54, 1.807) is 11.3 Å². The zero-order valence-corrected chi connectivity index (χ0v) is 28.1. The van der Waals surface area contributed by atoms with Crippen molar-refractivity contribution in [2.45, 2.75) is 71.8 Å². The number of nitrogens with zero attached hydrogens (tertiary/aromatic N) is 4. The summed E-state index contributed by atoms with van der Waals surface area (Å²) in [6, 6.07) is 13.8. The van der Waals surface area contributed by atoms with Crippen LogP contribution in [0, 0.1) is 34.0 Å². The summed E-state index contributed by atoms with van der Waals surface area (Å²) in [6.07, 6.45) is 8.87. The van der Waals surface area contributed by atoms with Crippen LogP contribution >= 0.6 is 11.3 Å². The Hall–Kier alpha value is -4.27. The lowest BCUT2D eigenvalue weighted by Gasteiger charge is -2.22. The Morgan fingerprint density at radius 1 is 0.913 bits per heavy atom. The van der Waals surface area contributed by atoms with Crippen molar-refractivity contribution in [3.8, 4) is 29.7 Å². The molecule has 0 radical (unpaired) electrons. The van der Waals surface area contributed by atoms with E-state index in [2.05, 4.69) is 19.9 Å². The number of hydrogen-bond donors (Lipinski definition) is 2. The molecule has 2 aromatic rings. The van der Waals surface area contributed by atoms with E-state index in [1.165, 1.54) is 0 Å². The first-order chi connectivity index (χ1) is 22.3. The Morgan fingerprint density at radius 2 is 1.52 bits per heavy atom. The smallest absolute Gasteiger partial charge is 0.179 e. The fourth-order valence-corrected chi connectivity index (χ4v) is 6.22. The highest BCUT2D eigenvalue weighted by Gasteiger charge is 2.39. The molecule has 0 spiro atoms. The molecule has 2 N–H and O–H groups in total. The molecule has 9 nitrogen and oxygen atoms in total. The number of aliphatic hydroxyl groups excluding tert-OH is 2. The number of anilines is 1. The molecule has 1 aliphatic heterocycles. The molecule has 0 saturated carbocycles. The summed E-state index contributed by atoms with van der Waals surface area (Å²) < 4.78 is 18.7. The molecule has 10 heteroatoms. The van der Waals surface area contributed by atoms with Crippen molar-refractivity contribution in [1.82, 2.24) is 0 Å². The number of rotatable bonds is 18. The summed E-state index contributed by atoms with van der Waals surface area (Å²) in [4.78, 5) is 3.85. The molecule has 0 fully saturated rings. The molecule has 0 bridgehead atoms. The van der Waals surface area contributed by atoms with Gasteiger partial charge in [0.15, 0.2) is 22.8 Å². The van der Waals surface area contributed by atoms with Gasteiger partial charge in [-0.25, -0.2) is 0 Å². The van der Waals surface area contributed by atoms with Gasteiger partial charge in [0.1, 0.15) is 23.8 Å². The SMILES string of the molecule is CCCCOc1c(/C=C/c2ccc(N(CCO)CCO)cc2)sc(CCC2=C(C#N)C(=C(C#N)C#N)OC2(C)C)c1OCCCC. The van der Waals surface area contributed by atoms with E-state index >= 15 is 0 Å². The zero-order valence-electron chi connectivity index (χ0n) is 27.3. The summed E-state index contributed by atoms with van der Waals surface area (Å²) in [5.41, 5.74) is 1.84. The highest BCUT2D eigenvalue weighted by Crippen LogP contribution is 2.47. The molecular formula is C36H44N4O5S. The van der Waals surface area contributed by atoms with Crippen LogP contribution in [0.3, 0.4) is 0 Å². The summed E-state index contributed by atoms with van der Waals surface area (Å²) in [6.45, 7) is 9.92. The maximum Gasteiger partial charge on any atom is 0.179 e. The summed E-state index contributed by atoms with van der Waals surface area (Å²) in [5, 5.41) is 47.7. The second kappa shape index (κ2) is 18.0. The van der Waals surface area contributed by atoms with Crippen molar-refractivity contribution in [2.24, 2.45) is 0 Å². The lowest BCUT2D eigenvalue weighted by atomic mass is 9.91. The molecule has 1 aromatic carbocycles. The predicted octanol–water partition coefficient (Wildman–Crippen LogP) is 6.93. The van der Waals surface area contributed by atoms with Gasteiger partial charge in [0.05, 0.1) is 41.8 Å². The number of ether oxygens (including phenoxy) is 3. The van der Waals surface area contributed by atoms with E-state index in [1.807, 2.05) is 67.3 Å². The van der Waals surface area contributed by atoms with Crippen LogP contribution in [0.1, 0.15) is 75.1 Å². The van der Waals surface area contributed by atoms with E-state index in [0.29, 0.717) is 44.9 Å². The second-order valence-electron chi connectivity index (χ2n) is 11.3. The monoisotopic (exact) mass is 644 g/mol. The number of benzene rings is 1. The van der Waals surface area contributed by atoms with Gasteiger partial charge < -0.3 is 29.3 Å². The third-order valence-electron chi connectivity index (χ3n) is 7.61. The molecule has 0 saturated heterocycles. The molecule has 0 aliphatic carbocycles. The highest BCUT2D eigenvalue weighted by molar-refractivity contribution is 7.13. The first-order valence-corrected chi connectivity index (χ1v) is 16.6. The number of unbranched alkanes of at least 4 members (excludes halogenated alkanes) is 2. The summed E-state index contributed by atoms with van der Waals surface area (Å²) in [7, 11) is 0. The normalized spacial score (nSPS) is 13.7. The van der Waals surface area contributed by atoms with Gasteiger partial charge in [0, 0.05) is 18.8 Å². The fraction of sp³-hybridized carbons (Fsp3) is 0.472. The lowest BCUT2D eigenvalue weighted by molar-refractivity contribution is 0.0901. The number of thiophene rings is 1. The predicted molar refractivity (Wildman–Crippen MR) is 181 cm³/mol. The van der Waals surface area contributed by atoms with E-state index in [-0.39, 0.29) is 30.1 Å². The molecule has 1 aliphatic rings. The zero-order chi connectivity index (χ0) is 33.5. The van der Waals surface area contributed by atoms with Crippen LogP contribution in [0.4, 0.5) is 5.69 Å². The fourth-order valence-electron chi connectivity index (χ4n) is 5.13. The molecule has 0 amide bonds. The Kier molecular flexibility index (Phi) is 14.2. The van der Waals surface area contributed by atoms with Crippen molar-refractivity contribution in [3.63, 3.8) is 0 Å². The minimum atomic E-state index is -0.848. The van der Waals surface area contributed by atoms with Crippen LogP contribution in [0.25, 0.3) is 12.2 Å². The highest BCUT2D eigenvalue weighted by atomic mass is 32.1. The maximum absolute atomic E-state index is 10.0. The third kappa shape index (κ3) is 9.14. The van der Waals surface area contributed by atoms with E-state index in [4.69, 9.17) is 14.2 Å². The van der Waals surface area contributed by atoms with E-state index in [9.17, 15) is 26.0 Å². The minimum absolute atomic E-state index is 0.00407. The topological polar surface area (TPSA) is 143 Å². The van der Waals surface area contributed by atoms with Crippen LogP contribution in [-0.4, -0.2) is 55.3 Å². The summed E-state index contributed by atoms with van der Waals surface area (Å²) >= 11 is 1.59. The van der Waals surface area contributed by atoms with Gasteiger partial charge in [-0.05, 0) is 68.9 Å². The Labute approximate surface area is 276 Å². The number of hydrogen-bond acceptors (Lipinski definition) is 10. The largest absolute Gasteiger partial charge is 0.489 e. The van der Waals surface area contributed by atoms with Crippen LogP contribution < -0.4 is 14.4 Å². The number of aryl methyl sites for hydroxylation is 1. The average Bonchev–Trinajstić information content (AvgIpc) is 3.51. The van der Waals surface area contributed by atoms with Gasteiger partial charge in [-0.15, -0.1) is 11.3 Å². The first kappa shape index (κ1) is 36.2. The quantitative estimate of drug-likeness (QED) is 0.130. The Morgan fingerprint density at radius 3 is 2.07 bits per heavy atom. The molecule has 0 atom stereocenters. The van der Waals surface area contributed by atoms with Crippen LogP contribution in [0.2, 0.25) is 0 Å². The third-order valence-corrected chi connectivity index (χ3v) is 8.78. The van der Waals surface area contributed by atoms with Crippen molar-refractivity contribution < 1.29 is 24.4 Å². The van der Waals surface area contributed by atoms with Gasteiger partial charge in [-0.1, -0.05) is 44.9 Å². The average molecular weight is 645 g/mol. The number of aliphatic hydroxyl groups is 2. The number of nitriles is 3. The van der Waals surface area contributed by atoms with Crippen LogP contribution in [0.15, 0.2) is 46.7 Å². The maximum atomic E-state index is 10.0. The molecule has 1 aromatic heterocycles. The molecular weight excluding hydrogens is 600 g/mol. The van der Waals surface area contributed by atoms with Gasteiger partial charge >= 0.3 is 0 Å². The van der Waals surface area contributed by atoms with Crippen LogP contribution in [0.5, 0.6) is 11.5 Å². The standard InChI is InChI=1S/C36H44N4O5S/c1-5-7-21-43-34-31(15-11-26-9-12-28(13-10-26)40(17-19-41)18-20-42)46-32(35(34)44-22-8-6-2)16-14-30-29(25-39)33(27(23-37)24-38)45-36(30,3)4/h9-13,15,41-42H,5-8,14,16-22H2,1-4H3/b15-11+. The van der Waals surface area contributed by atoms with Crippen LogP contribution in [-0.2, 0) is 11.2 Å². The molecule has 244 valence electrons. The van der Waals surface area contributed by atoms with Crippen molar-refractivity contribution in [1.29, 1.82) is 15.8 Å². The van der Waals surface area contributed by atoms with Gasteiger partial charge in [-0.2, -0.15) is 15.8 Å². The molecule has 46 heavy (non-hydrogen) atoms. The van der Waals surface area contributed by atoms with Crippen molar-refractivity contribution in [2.75, 3.05) is 44.4 Å². The minimum Gasteiger partial charge on any atom is -0.489 e.